The molecule has 2 aliphatic heterocycles. The molecule has 164 valence electrons. The van der Waals surface area contributed by atoms with Gasteiger partial charge in [0.15, 0.2) is 5.96 Å². The molecular formula is C22H44N4O2. The lowest BCUT2D eigenvalue weighted by molar-refractivity contribution is 0.0888. The normalized spacial score (nSPS) is 23.0. The minimum atomic E-state index is 0.533. The van der Waals surface area contributed by atoms with Gasteiger partial charge in [0, 0.05) is 38.3 Å². The number of nitrogens with one attached hydrogen (secondary N) is 2. The van der Waals surface area contributed by atoms with E-state index in [2.05, 4.69) is 36.3 Å². The van der Waals surface area contributed by atoms with Crippen LogP contribution in [0.5, 0.6) is 0 Å². The van der Waals surface area contributed by atoms with Gasteiger partial charge in [-0.1, -0.05) is 26.7 Å². The van der Waals surface area contributed by atoms with Gasteiger partial charge in [0.05, 0.1) is 19.8 Å². The highest BCUT2D eigenvalue weighted by Gasteiger charge is 2.22. The summed E-state index contributed by atoms with van der Waals surface area (Å²) >= 11 is 0. The Kier molecular flexibility index (Phi) is 11.9. The molecule has 0 radical (unpaired) electrons. The molecule has 2 aliphatic rings. The highest BCUT2D eigenvalue weighted by Crippen LogP contribution is 2.17. The molecule has 0 amide bonds. The van der Waals surface area contributed by atoms with E-state index in [9.17, 15) is 0 Å². The Bertz CT molecular complexity index is 417. The molecule has 2 fully saturated rings. The summed E-state index contributed by atoms with van der Waals surface area (Å²) in [5, 5.41) is 6.87. The molecule has 2 unspecified atom stereocenters. The van der Waals surface area contributed by atoms with E-state index >= 15 is 0 Å². The number of likely N-dealkylation sites (tertiary alicyclic amines) is 1. The summed E-state index contributed by atoms with van der Waals surface area (Å²) in [5.41, 5.74) is 0. The third-order valence-electron chi connectivity index (χ3n) is 5.80. The Morgan fingerprint density at radius 2 is 1.96 bits per heavy atom. The van der Waals surface area contributed by atoms with Gasteiger partial charge in [-0.3, -0.25) is 9.89 Å². The molecule has 28 heavy (non-hydrogen) atoms. The first-order chi connectivity index (χ1) is 13.7. The maximum Gasteiger partial charge on any atom is 0.191 e. The fourth-order valence-corrected chi connectivity index (χ4v) is 4.05. The summed E-state index contributed by atoms with van der Waals surface area (Å²) in [4.78, 5) is 7.59. The first-order valence-electron chi connectivity index (χ1n) is 11.6. The van der Waals surface area contributed by atoms with E-state index < -0.39 is 0 Å². The van der Waals surface area contributed by atoms with E-state index in [1.807, 2.05) is 0 Å². The lowest BCUT2D eigenvalue weighted by atomic mass is 10.0. The molecular weight excluding hydrogens is 352 g/mol. The molecule has 2 atom stereocenters. The second kappa shape index (κ2) is 14.2. The Labute approximate surface area is 172 Å². The number of hydrogen-bond acceptors (Lipinski definition) is 4. The van der Waals surface area contributed by atoms with E-state index in [4.69, 9.17) is 14.5 Å². The van der Waals surface area contributed by atoms with Crippen LogP contribution in [0.3, 0.4) is 0 Å². The molecule has 2 saturated heterocycles. The van der Waals surface area contributed by atoms with Gasteiger partial charge >= 0.3 is 0 Å². The Balaban J connectivity index is 1.70. The van der Waals surface area contributed by atoms with Crippen LogP contribution in [-0.4, -0.2) is 76.1 Å². The van der Waals surface area contributed by atoms with Crippen LogP contribution >= 0.6 is 0 Å². The molecule has 0 aromatic carbocycles. The summed E-state index contributed by atoms with van der Waals surface area (Å²) in [5.74, 6) is 2.16. The molecule has 2 rings (SSSR count). The number of rotatable bonds is 11. The molecule has 2 N–H and O–H groups in total. The monoisotopic (exact) mass is 396 g/mol. The van der Waals surface area contributed by atoms with Gasteiger partial charge < -0.3 is 20.1 Å². The van der Waals surface area contributed by atoms with Crippen LogP contribution in [0.4, 0.5) is 0 Å². The Morgan fingerprint density at radius 3 is 2.61 bits per heavy atom. The number of hydrogen-bond donors (Lipinski definition) is 2. The van der Waals surface area contributed by atoms with Crippen molar-refractivity contribution in [3.05, 3.63) is 0 Å². The second-order valence-corrected chi connectivity index (χ2v) is 8.57. The van der Waals surface area contributed by atoms with Crippen LogP contribution in [0.25, 0.3) is 0 Å². The highest BCUT2D eigenvalue weighted by molar-refractivity contribution is 5.79. The van der Waals surface area contributed by atoms with E-state index in [0.717, 1.165) is 64.9 Å². The Morgan fingerprint density at radius 1 is 1.18 bits per heavy atom. The van der Waals surface area contributed by atoms with Crippen molar-refractivity contribution in [2.45, 2.75) is 65.3 Å². The summed E-state index contributed by atoms with van der Waals surface area (Å²) in [6.07, 6.45) is 7.56. The largest absolute Gasteiger partial charge is 0.381 e. The average molecular weight is 397 g/mol. The first-order valence-corrected chi connectivity index (χ1v) is 11.6. The number of aliphatic imine (C=N–C) groups is 1. The lowest BCUT2D eigenvalue weighted by Crippen LogP contribution is -2.44. The fourth-order valence-electron chi connectivity index (χ4n) is 4.05. The van der Waals surface area contributed by atoms with Crippen molar-refractivity contribution >= 4 is 5.96 Å². The predicted molar refractivity (Wildman–Crippen MR) is 117 cm³/mol. The van der Waals surface area contributed by atoms with Gasteiger partial charge in [0.25, 0.3) is 0 Å². The molecule has 0 bridgehead atoms. The van der Waals surface area contributed by atoms with Crippen LogP contribution in [0.2, 0.25) is 0 Å². The molecule has 2 heterocycles. The predicted octanol–water partition coefficient (Wildman–Crippen LogP) is 2.89. The van der Waals surface area contributed by atoms with Gasteiger partial charge in [-0.2, -0.15) is 0 Å². The van der Waals surface area contributed by atoms with E-state index in [-0.39, 0.29) is 0 Å². The van der Waals surface area contributed by atoms with Crippen molar-refractivity contribution in [3.8, 4) is 0 Å². The second-order valence-electron chi connectivity index (χ2n) is 8.57. The van der Waals surface area contributed by atoms with E-state index in [0.29, 0.717) is 17.9 Å². The van der Waals surface area contributed by atoms with Gasteiger partial charge in [0.1, 0.15) is 0 Å². The summed E-state index contributed by atoms with van der Waals surface area (Å²) < 4.78 is 11.2. The van der Waals surface area contributed by atoms with Crippen molar-refractivity contribution in [2.24, 2.45) is 16.8 Å². The number of nitrogens with zero attached hydrogens (tertiary/aromatic N) is 2. The molecule has 6 heteroatoms. The molecule has 0 aromatic rings. The molecule has 6 nitrogen and oxygen atoms in total. The maximum atomic E-state index is 5.79. The van der Waals surface area contributed by atoms with Crippen molar-refractivity contribution in [2.75, 3.05) is 59.2 Å². The SMILES string of the molecule is CCNC(=NCC(C(C)C)N1CCCCCC1)NCCCOCC1CCOC1. The zero-order valence-corrected chi connectivity index (χ0v) is 18.5. The van der Waals surface area contributed by atoms with Crippen LogP contribution in [0.1, 0.15) is 59.3 Å². The van der Waals surface area contributed by atoms with Crippen molar-refractivity contribution in [1.82, 2.24) is 15.5 Å². The fraction of sp³-hybridized carbons (Fsp3) is 0.955. The summed E-state index contributed by atoms with van der Waals surface area (Å²) in [6.45, 7) is 15.3. The van der Waals surface area contributed by atoms with Gasteiger partial charge in [-0.25, -0.2) is 0 Å². The van der Waals surface area contributed by atoms with Gasteiger partial charge in [-0.15, -0.1) is 0 Å². The van der Waals surface area contributed by atoms with Crippen LogP contribution < -0.4 is 10.6 Å². The Hall–Kier alpha value is -0.850. The molecule has 0 saturated carbocycles. The van der Waals surface area contributed by atoms with Crippen LogP contribution in [-0.2, 0) is 9.47 Å². The van der Waals surface area contributed by atoms with Gasteiger partial charge in [0.2, 0.25) is 0 Å². The molecule has 0 aromatic heterocycles. The zero-order chi connectivity index (χ0) is 20.0. The van der Waals surface area contributed by atoms with Crippen molar-refractivity contribution in [1.29, 1.82) is 0 Å². The zero-order valence-electron chi connectivity index (χ0n) is 18.5. The molecule has 0 spiro atoms. The minimum absolute atomic E-state index is 0.533. The quantitative estimate of drug-likeness (QED) is 0.319. The third-order valence-corrected chi connectivity index (χ3v) is 5.80. The number of guanidine groups is 1. The average Bonchev–Trinajstić information content (AvgIpc) is 3.06. The first kappa shape index (κ1) is 23.4. The standard InChI is InChI=1S/C22H44N4O2/c1-4-23-22(24-11-9-14-27-17-20-10-15-28-18-20)25-16-21(19(2)3)26-12-7-5-6-8-13-26/h19-21H,4-18H2,1-3H3,(H2,23,24,25). The topological polar surface area (TPSA) is 58.1 Å². The third kappa shape index (κ3) is 9.10. The highest BCUT2D eigenvalue weighted by atomic mass is 16.5. The van der Waals surface area contributed by atoms with E-state index in [1.165, 1.54) is 38.8 Å². The summed E-state index contributed by atoms with van der Waals surface area (Å²) in [6, 6.07) is 0.533. The van der Waals surface area contributed by atoms with Gasteiger partial charge in [-0.05, 0) is 51.6 Å². The number of ether oxygens (including phenoxy) is 2. The maximum absolute atomic E-state index is 5.79. The van der Waals surface area contributed by atoms with Crippen molar-refractivity contribution < 1.29 is 9.47 Å². The van der Waals surface area contributed by atoms with Crippen LogP contribution in [0.15, 0.2) is 4.99 Å². The van der Waals surface area contributed by atoms with Crippen LogP contribution in [0, 0.1) is 11.8 Å². The lowest BCUT2D eigenvalue weighted by Gasteiger charge is -2.32. The smallest absolute Gasteiger partial charge is 0.191 e. The summed E-state index contributed by atoms with van der Waals surface area (Å²) in [7, 11) is 0. The van der Waals surface area contributed by atoms with Crippen molar-refractivity contribution in [3.63, 3.8) is 0 Å². The van der Waals surface area contributed by atoms with E-state index in [1.54, 1.807) is 0 Å². The minimum Gasteiger partial charge on any atom is -0.381 e. The molecule has 0 aliphatic carbocycles.